The fraction of sp³-hybridized carbons (Fsp3) is 0.308. The quantitative estimate of drug-likeness (QED) is 0.523. The number of nitrogens with zero attached hydrogens (tertiary/aromatic N) is 2. The summed E-state index contributed by atoms with van der Waals surface area (Å²) in [6, 6.07) is 4.17. The summed E-state index contributed by atoms with van der Waals surface area (Å²) in [6.07, 6.45) is 1.06. The van der Waals surface area contributed by atoms with E-state index in [1.54, 1.807) is 13.8 Å². The molecule has 0 bridgehead atoms. The summed E-state index contributed by atoms with van der Waals surface area (Å²) < 4.78 is 13.4. The Labute approximate surface area is 121 Å². The predicted molar refractivity (Wildman–Crippen MR) is 75.1 cm³/mol. The largest absolute Gasteiger partial charge is 0.335 e. The molecule has 1 aromatic carbocycles. The Hall–Kier alpha value is -1.95. The van der Waals surface area contributed by atoms with E-state index in [0.717, 1.165) is 6.21 Å². The Morgan fingerprint density at radius 1 is 1.40 bits per heavy atom. The van der Waals surface area contributed by atoms with Crippen molar-refractivity contribution in [3.63, 3.8) is 0 Å². The van der Waals surface area contributed by atoms with Crippen molar-refractivity contribution in [1.82, 2.24) is 10.3 Å². The number of halogens is 2. The molecule has 0 atom stereocenters. The first kappa shape index (κ1) is 16.1. The molecule has 0 fully saturated rings. The lowest BCUT2D eigenvalue weighted by Gasteiger charge is -2.16. The molecule has 20 heavy (non-hydrogen) atoms. The average molecular weight is 300 g/mol. The first-order chi connectivity index (χ1) is 9.51. The molecule has 1 rings (SSSR count). The highest BCUT2D eigenvalue weighted by Crippen LogP contribution is 2.16. The van der Waals surface area contributed by atoms with Gasteiger partial charge < -0.3 is 4.90 Å². The molecule has 0 aliphatic rings. The monoisotopic (exact) mass is 299 g/mol. The van der Waals surface area contributed by atoms with Crippen LogP contribution in [0.3, 0.4) is 0 Å². The minimum atomic E-state index is -0.877. The lowest BCUT2D eigenvalue weighted by molar-refractivity contribution is -0.145. The smallest absolute Gasteiger partial charge is 0.329 e. The molecule has 0 radical (unpaired) electrons. The van der Waals surface area contributed by atoms with Gasteiger partial charge in [-0.15, -0.1) is 0 Å². The van der Waals surface area contributed by atoms with Crippen LogP contribution in [0.15, 0.2) is 23.3 Å². The van der Waals surface area contributed by atoms with Gasteiger partial charge in [-0.2, -0.15) is 5.10 Å². The van der Waals surface area contributed by atoms with Gasteiger partial charge in [-0.25, -0.2) is 9.82 Å². The van der Waals surface area contributed by atoms with Crippen LogP contribution in [0, 0.1) is 5.82 Å². The Bertz CT molecular complexity index is 510. The minimum Gasteiger partial charge on any atom is -0.335 e. The molecule has 0 heterocycles. The Kier molecular flexibility index (Phi) is 6.11. The third kappa shape index (κ3) is 4.03. The fourth-order valence-corrected chi connectivity index (χ4v) is 1.70. The van der Waals surface area contributed by atoms with Gasteiger partial charge in [-0.3, -0.25) is 9.59 Å². The highest BCUT2D eigenvalue weighted by molar-refractivity contribution is 6.35. The highest BCUT2D eigenvalue weighted by atomic mass is 35.5. The summed E-state index contributed by atoms with van der Waals surface area (Å²) in [7, 11) is 0. The zero-order valence-corrected chi connectivity index (χ0v) is 11.9. The second-order valence-corrected chi connectivity index (χ2v) is 4.22. The normalized spacial score (nSPS) is 10.6. The summed E-state index contributed by atoms with van der Waals surface area (Å²) in [5.74, 6) is -2.13. The van der Waals surface area contributed by atoms with E-state index in [1.165, 1.54) is 23.1 Å². The summed E-state index contributed by atoms with van der Waals surface area (Å²) in [6.45, 7) is 4.37. The van der Waals surface area contributed by atoms with Gasteiger partial charge in [0.05, 0.1) is 11.2 Å². The van der Waals surface area contributed by atoms with Gasteiger partial charge in [-0.05, 0) is 26.0 Å². The topological polar surface area (TPSA) is 61.8 Å². The van der Waals surface area contributed by atoms with E-state index in [0.29, 0.717) is 13.1 Å². The fourth-order valence-electron chi connectivity index (χ4n) is 1.49. The van der Waals surface area contributed by atoms with Gasteiger partial charge in [0, 0.05) is 18.7 Å². The van der Waals surface area contributed by atoms with Gasteiger partial charge in [0.15, 0.2) is 0 Å². The number of likely N-dealkylation sites (N-methyl/N-ethyl adjacent to an activating group) is 1. The number of hydrogen-bond donors (Lipinski definition) is 1. The van der Waals surface area contributed by atoms with Crippen LogP contribution in [0.25, 0.3) is 0 Å². The molecule has 108 valence electrons. The van der Waals surface area contributed by atoms with Gasteiger partial charge >= 0.3 is 11.8 Å². The molecule has 0 aliphatic carbocycles. The van der Waals surface area contributed by atoms with Gasteiger partial charge in [0.1, 0.15) is 5.82 Å². The number of hydrogen-bond acceptors (Lipinski definition) is 3. The molecule has 1 aromatic rings. The number of benzene rings is 1. The Morgan fingerprint density at radius 2 is 2.05 bits per heavy atom. The van der Waals surface area contributed by atoms with Crippen LogP contribution >= 0.6 is 11.6 Å². The summed E-state index contributed by atoms with van der Waals surface area (Å²) in [5.41, 5.74) is 2.09. The number of carbonyl (C=O) groups excluding carboxylic acids is 2. The van der Waals surface area contributed by atoms with E-state index in [-0.39, 0.29) is 10.6 Å². The van der Waals surface area contributed by atoms with Crippen LogP contribution in [-0.2, 0) is 9.59 Å². The highest BCUT2D eigenvalue weighted by Gasteiger charge is 2.18. The van der Waals surface area contributed by atoms with Crippen LogP contribution in [0.5, 0.6) is 0 Å². The molecule has 2 amide bonds. The number of amides is 2. The van der Waals surface area contributed by atoms with E-state index in [9.17, 15) is 14.0 Å². The van der Waals surface area contributed by atoms with E-state index < -0.39 is 17.6 Å². The van der Waals surface area contributed by atoms with Crippen molar-refractivity contribution in [2.45, 2.75) is 13.8 Å². The first-order valence-electron chi connectivity index (χ1n) is 6.07. The molecule has 0 aromatic heterocycles. The van der Waals surface area contributed by atoms with Crippen LogP contribution in [0.4, 0.5) is 4.39 Å². The minimum absolute atomic E-state index is 0.0461. The maximum Gasteiger partial charge on any atom is 0.329 e. The Balaban J connectivity index is 2.70. The molecular formula is C13H15ClFN3O2. The van der Waals surface area contributed by atoms with Crippen LogP contribution < -0.4 is 5.43 Å². The number of rotatable bonds is 4. The van der Waals surface area contributed by atoms with Crippen LogP contribution in [0.2, 0.25) is 5.02 Å². The lowest BCUT2D eigenvalue weighted by atomic mass is 10.2. The SMILES string of the molecule is CCN(CC)C(=O)C(=O)N/N=C\c1c(F)cccc1Cl. The standard InChI is InChI=1S/C13H15ClFN3O2/c1-3-18(4-2)13(20)12(19)17-16-8-9-10(14)6-5-7-11(9)15/h5-8H,3-4H2,1-2H3,(H,17,19)/b16-8-. The molecule has 0 aliphatic heterocycles. The predicted octanol–water partition coefficient (Wildman–Crippen LogP) is 1.80. The van der Waals surface area contributed by atoms with Gasteiger partial charge in [0.2, 0.25) is 0 Å². The summed E-state index contributed by atoms with van der Waals surface area (Å²) in [4.78, 5) is 24.5. The molecule has 0 unspecified atom stereocenters. The maximum atomic E-state index is 13.4. The first-order valence-corrected chi connectivity index (χ1v) is 6.45. The summed E-state index contributed by atoms with van der Waals surface area (Å²) in [5, 5.41) is 3.70. The van der Waals surface area contributed by atoms with Crippen molar-refractivity contribution in [1.29, 1.82) is 0 Å². The second kappa shape index (κ2) is 7.59. The molecule has 1 N–H and O–H groups in total. The molecular weight excluding hydrogens is 285 g/mol. The molecule has 7 heteroatoms. The maximum absolute atomic E-state index is 13.4. The van der Waals surface area contributed by atoms with Crippen molar-refractivity contribution >= 4 is 29.6 Å². The van der Waals surface area contributed by atoms with Crippen LogP contribution in [0.1, 0.15) is 19.4 Å². The number of nitrogens with one attached hydrogen (secondary N) is 1. The van der Waals surface area contributed by atoms with E-state index in [4.69, 9.17) is 11.6 Å². The van der Waals surface area contributed by atoms with Gasteiger partial charge in [0.25, 0.3) is 0 Å². The van der Waals surface area contributed by atoms with Crippen molar-refractivity contribution in [3.05, 3.63) is 34.6 Å². The van der Waals surface area contributed by atoms with Crippen LogP contribution in [-0.4, -0.2) is 36.0 Å². The molecule has 0 saturated carbocycles. The van der Waals surface area contributed by atoms with Gasteiger partial charge in [-0.1, -0.05) is 17.7 Å². The van der Waals surface area contributed by atoms with Crippen molar-refractivity contribution in [2.24, 2.45) is 5.10 Å². The number of carbonyl (C=O) groups is 2. The zero-order chi connectivity index (χ0) is 15.1. The van der Waals surface area contributed by atoms with Crippen molar-refractivity contribution < 1.29 is 14.0 Å². The zero-order valence-electron chi connectivity index (χ0n) is 11.2. The second-order valence-electron chi connectivity index (χ2n) is 3.81. The van der Waals surface area contributed by atoms with E-state index >= 15 is 0 Å². The van der Waals surface area contributed by atoms with Crippen molar-refractivity contribution in [3.8, 4) is 0 Å². The molecule has 0 spiro atoms. The lowest BCUT2D eigenvalue weighted by Crippen LogP contribution is -2.41. The number of hydrazone groups is 1. The van der Waals surface area contributed by atoms with E-state index in [1.807, 2.05) is 5.43 Å². The Morgan fingerprint density at radius 3 is 2.60 bits per heavy atom. The summed E-state index contributed by atoms with van der Waals surface area (Å²) >= 11 is 5.78. The average Bonchev–Trinajstić information content (AvgIpc) is 2.43. The van der Waals surface area contributed by atoms with Crippen molar-refractivity contribution in [2.75, 3.05) is 13.1 Å². The third-order valence-corrected chi connectivity index (χ3v) is 2.93. The third-order valence-electron chi connectivity index (χ3n) is 2.60. The molecule has 5 nitrogen and oxygen atoms in total. The van der Waals surface area contributed by atoms with E-state index in [2.05, 4.69) is 5.10 Å². The molecule has 0 saturated heterocycles.